The predicted octanol–water partition coefficient (Wildman–Crippen LogP) is 2.71. The van der Waals surface area contributed by atoms with Crippen molar-refractivity contribution < 1.29 is 19.2 Å². The Morgan fingerprint density at radius 1 is 1.36 bits per heavy atom. The lowest BCUT2D eigenvalue weighted by Gasteiger charge is -2.07. The number of hydrogen-bond donors (Lipinski definition) is 1. The Bertz CT molecular complexity index is 562. The number of carbonyl (C=O) groups excluding carboxylic acids is 2. The van der Waals surface area contributed by atoms with E-state index in [1.54, 1.807) is 0 Å². The highest BCUT2D eigenvalue weighted by atomic mass is 35.5. The summed E-state index contributed by atoms with van der Waals surface area (Å²) in [6.45, 7) is 2.11. The highest BCUT2D eigenvalue weighted by molar-refractivity contribution is 6.33. The van der Waals surface area contributed by atoms with Crippen LogP contribution in [0, 0.1) is 10.1 Å². The topological polar surface area (TPSA) is 98.5 Å². The number of nitrogens with one attached hydrogen (secondary N) is 1. The van der Waals surface area contributed by atoms with Crippen molar-refractivity contribution in [2.24, 2.45) is 0 Å². The van der Waals surface area contributed by atoms with Crippen molar-refractivity contribution in [1.82, 2.24) is 5.32 Å². The summed E-state index contributed by atoms with van der Waals surface area (Å²) in [6, 6.07) is 3.43. The first-order valence-electron chi connectivity index (χ1n) is 6.83. The molecule has 7 nitrogen and oxygen atoms in total. The average molecular weight is 329 g/mol. The normalized spacial score (nSPS) is 10.1. The minimum Gasteiger partial charge on any atom is -0.452 e. The molecule has 0 aromatic heterocycles. The Balaban J connectivity index is 2.53. The van der Waals surface area contributed by atoms with E-state index in [2.05, 4.69) is 5.32 Å². The molecule has 1 rings (SSSR count). The number of nitro groups is 1. The van der Waals surface area contributed by atoms with Crippen molar-refractivity contribution in [2.75, 3.05) is 13.2 Å². The van der Waals surface area contributed by atoms with Gasteiger partial charge in [-0.3, -0.25) is 14.9 Å². The van der Waals surface area contributed by atoms with Gasteiger partial charge in [0, 0.05) is 18.7 Å². The van der Waals surface area contributed by atoms with Crippen molar-refractivity contribution in [1.29, 1.82) is 0 Å². The molecule has 0 aliphatic heterocycles. The maximum Gasteiger partial charge on any atom is 0.340 e. The van der Waals surface area contributed by atoms with Crippen LogP contribution in [0.3, 0.4) is 0 Å². The van der Waals surface area contributed by atoms with E-state index in [9.17, 15) is 19.7 Å². The smallest absolute Gasteiger partial charge is 0.340 e. The highest BCUT2D eigenvalue weighted by Crippen LogP contribution is 2.22. The molecule has 0 spiro atoms. The van der Waals surface area contributed by atoms with E-state index in [1.807, 2.05) is 6.92 Å². The van der Waals surface area contributed by atoms with Crippen LogP contribution in [0.1, 0.15) is 36.5 Å². The molecule has 22 heavy (non-hydrogen) atoms. The fraction of sp³-hybridized carbons (Fsp3) is 0.429. The fourth-order valence-electron chi connectivity index (χ4n) is 1.65. The van der Waals surface area contributed by atoms with Gasteiger partial charge in [-0.25, -0.2) is 4.79 Å². The van der Waals surface area contributed by atoms with E-state index < -0.39 is 23.4 Å². The summed E-state index contributed by atoms with van der Waals surface area (Å²) >= 11 is 5.81. The molecule has 1 amide bonds. The Morgan fingerprint density at radius 3 is 2.73 bits per heavy atom. The molecule has 120 valence electrons. The second-order valence-corrected chi connectivity index (χ2v) is 4.96. The molecule has 0 atom stereocenters. The number of nitrogens with zero attached hydrogens (tertiary/aromatic N) is 1. The quantitative estimate of drug-likeness (QED) is 0.342. The van der Waals surface area contributed by atoms with Crippen LogP contribution in [-0.4, -0.2) is 30.0 Å². The van der Waals surface area contributed by atoms with Crippen LogP contribution < -0.4 is 5.32 Å². The van der Waals surface area contributed by atoms with Crippen molar-refractivity contribution in [3.05, 3.63) is 38.9 Å². The van der Waals surface area contributed by atoms with Crippen LogP contribution in [-0.2, 0) is 9.53 Å². The minimum atomic E-state index is -0.877. The second-order valence-electron chi connectivity index (χ2n) is 4.55. The Morgan fingerprint density at radius 2 is 2.09 bits per heavy atom. The molecule has 0 saturated heterocycles. The molecule has 1 aromatic carbocycles. The summed E-state index contributed by atoms with van der Waals surface area (Å²) < 4.78 is 4.80. The van der Waals surface area contributed by atoms with Gasteiger partial charge in [0.05, 0.1) is 15.5 Å². The SMILES string of the molecule is CCCCCNC(=O)COC(=O)c1cc([N+](=O)[O-])ccc1Cl. The molecule has 0 unspecified atom stereocenters. The van der Waals surface area contributed by atoms with Gasteiger partial charge in [-0.1, -0.05) is 31.4 Å². The second kappa shape index (κ2) is 8.99. The summed E-state index contributed by atoms with van der Waals surface area (Å²) in [5.74, 6) is -1.30. The number of amides is 1. The number of unbranched alkanes of at least 4 members (excludes halogenated alkanes) is 2. The van der Waals surface area contributed by atoms with Crippen LogP contribution >= 0.6 is 11.6 Å². The number of halogens is 1. The van der Waals surface area contributed by atoms with Gasteiger partial charge in [0.1, 0.15) is 0 Å². The zero-order chi connectivity index (χ0) is 16.5. The van der Waals surface area contributed by atoms with Gasteiger partial charge in [0.15, 0.2) is 6.61 Å². The number of esters is 1. The average Bonchev–Trinajstić information content (AvgIpc) is 2.49. The van der Waals surface area contributed by atoms with Crippen LogP contribution in [0.15, 0.2) is 18.2 Å². The molecule has 0 fully saturated rings. The van der Waals surface area contributed by atoms with Crippen LogP contribution in [0.25, 0.3) is 0 Å². The molecule has 0 radical (unpaired) electrons. The summed E-state index contributed by atoms with van der Waals surface area (Å²) in [6.07, 6.45) is 2.90. The number of benzene rings is 1. The van der Waals surface area contributed by atoms with Gasteiger partial charge < -0.3 is 10.1 Å². The van der Waals surface area contributed by atoms with Gasteiger partial charge in [-0.05, 0) is 12.5 Å². The monoisotopic (exact) mass is 328 g/mol. The lowest BCUT2D eigenvalue weighted by atomic mass is 10.2. The highest BCUT2D eigenvalue weighted by Gasteiger charge is 2.18. The molecule has 0 heterocycles. The number of ether oxygens (including phenoxy) is 1. The lowest BCUT2D eigenvalue weighted by Crippen LogP contribution is -2.29. The number of hydrogen-bond acceptors (Lipinski definition) is 5. The molecule has 0 aliphatic carbocycles. The Labute approximate surface area is 132 Å². The molecule has 0 aliphatic rings. The standard InChI is InChI=1S/C14H17ClN2O5/c1-2-3-4-7-16-13(18)9-22-14(19)11-8-10(17(20)21)5-6-12(11)15/h5-6,8H,2-4,7,9H2,1H3,(H,16,18). The molecular formula is C14H17ClN2O5. The molecule has 0 bridgehead atoms. The van der Waals surface area contributed by atoms with Gasteiger partial charge in [0.25, 0.3) is 11.6 Å². The molecule has 8 heteroatoms. The largest absolute Gasteiger partial charge is 0.452 e. The van der Waals surface area contributed by atoms with E-state index >= 15 is 0 Å². The first-order chi connectivity index (χ1) is 10.5. The Hall–Kier alpha value is -2.15. The van der Waals surface area contributed by atoms with Gasteiger partial charge >= 0.3 is 5.97 Å². The maximum absolute atomic E-state index is 11.8. The third-order valence-electron chi connectivity index (χ3n) is 2.82. The zero-order valence-corrected chi connectivity index (χ0v) is 12.9. The lowest BCUT2D eigenvalue weighted by molar-refractivity contribution is -0.384. The van der Waals surface area contributed by atoms with E-state index in [0.717, 1.165) is 25.3 Å². The summed E-state index contributed by atoms with van der Waals surface area (Å²) in [4.78, 5) is 33.3. The van der Waals surface area contributed by atoms with E-state index in [4.69, 9.17) is 16.3 Å². The van der Waals surface area contributed by atoms with E-state index in [-0.39, 0.29) is 16.3 Å². The zero-order valence-electron chi connectivity index (χ0n) is 12.1. The van der Waals surface area contributed by atoms with Gasteiger partial charge in [-0.15, -0.1) is 0 Å². The van der Waals surface area contributed by atoms with Crippen LogP contribution in [0.4, 0.5) is 5.69 Å². The Kier molecular flexibility index (Phi) is 7.31. The third kappa shape index (κ3) is 5.69. The summed E-state index contributed by atoms with van der Waals surface area (Å²) in [5, 5.41) is 13.3. The first-order valence-corrected chi connectivity index (χ1v) is 7.21. The number of non-ortho nitro benzene ring substituents is 1. The maximum atomic E-state index is 11.8. The van der Waals surface area contributed by atoms with Crippen molar-refractivity contribution in [3.63, 3.8) is 0 Å². The van der Waals surface area contributed by atoms with E-state index in [0.29, 0.717) is 6.54 Å². The molecular weight excluding hydrogens is 312 g/mol. The van der Waals surface area contributed by atoms with Crippen molar-refractivity contribution >= 4 is 29.2 Å². The third-order valence-corrected chi connectivity index (χ3v) is 3.15. The molecule has 1 N–H and O–H groups in total. The van der Waals surface area contributed by atoms with Crippen molar-refractivity contribution in [3.8, 4) is 0 Å². The summed E-state index contributed by atoms with van der Waals surface area (Å²) in [5.41, 5.74) is -0.421. The van der Waals surface area contributed by atoms with E-state index in [1.165, 1.54) is 12.1 Å². The summed E-state index contributed by atoms with van der Waals surface area (Å²) in [7, 11) is 0. The first kappa shape index (κ1) is 17.9. The van der Waals surface area contributed by atoms with Crippen LogP contribution in [0.5, 0.6) is 0 Å². The van der Waals surface area contributed by atoms with Crippen LogP contribution in [0.2, 0.25) is 5.02 Å². The number of nitro benzene ring substituents is 1. The van der Waals surface area contributed by atoms with Gasteiger partial charge in [0.2, 0.25) is 0 Å². The minimum absolute atomic E-state index is 0.0268. The number of carbonyl (C=O) groups is 2. The van der Waals surface area contributed by atoms with Crippen molar-refractivity contribution in [2.45, 2.75) is 26.2 Å². The van der Waals surface area contributed by atoms with Gasteiger partial charge in [-0.2, -0.15) is 0 Å². The number of rotatable bonds is 8. The predicted molar refractivity (Wildman–Crippen MR) is 80.9 cm³/mol. The molecule has 0 saturated carbocycles. The molecule has 1 aromatic rings. The fourth-order valence-corrected chi connectivity index (χ4v) is 1.84.